The molecule has 0 fully saturated rings. The van der Waals surface area contributed by atoms with Gasteiger partial charge in [0.2, 0.25) is 0 Å². The standard InChI is InChI=1S/C17H21NO2S/c1-12-7-5-6-8-16(12)14(3)18-17-11-15(21(4,19)20)10-9-13(17)2/h5-11,14,18H,1-4H3. The average molecular weight is 303 g/mol. The largest absolute Gasteiger partial charge is 0.378 e. The Morgan fingerprint density at radius 2 is 1.67 bits per heavy atom. The quantitative estimate of drug-likeness (QED) is 0.932. The van der Waals surface area contributed by atoms with Crippen LogP contribution in [0.15, 0.2) is 47.4 Å². The van der Waals surface area contributed by atoms with E-state index in [1.54, 1.807) is 12.1 Å². The molecule has 0 aliphatic carbocycles. The third-order valence-electron chi connectivity index (χ3n) is 3.66. The third kappa shape index (κ3) is 3.64. The van der Waals surface area contributed by atoms with Crippen molar-refractivity contribution in [3.8, 4) is 0 Å². The molecule has 2 aromatic carbocycles. The van der Waals surface area contributed by atoms with Crippen LogP contribution in [0.5, 0.6) is 0 Å². The lowest BCUT2D eigenvalue weighted by molar-refractivity contribution is 0.602. The van der Waals surface area contributed by atoms with Crippen molar-refractivity contribution in [3.05, 3.63) is 59.2 Å². The summed E-state index contributed by atoms with van der Waals surface area (Å²) in [6, 6.07) is 13.5. The van der Waals surface area contributed by atoms with Crippen LogP contribution in [0.2, 0.25) is 0 Å². The van der Waals surface area contributed by atoms with Crippen LogP contribution in [0.1, 0.15) is 29.7 Å². The Balaban J connectivity index is 2.33. The molecule has 21 heavy (non-hydrogen) atoms. The summed E-state index contributed by atoms with van der Waals surface area (Å²) in [5, 5.41) is 3.42. The molecule has 0 amide bonds. The first kappa shape index (κ1) is 15.6. The van der Waals surface area contributed by atoms with Gasteiger partial charge in [-0.2, -0.15) is 0 Å². The zero-order valence-electron chi connectivity index (χ0n) is 12.8. The van der Waals surface area contributed by atoms with Crippen molar-refractivity contribution in [2.24, 2.45) is 0 Å². The van der Waals surface area contributed by atoms with Crippen molar-refractivity contribution in [1.82, 2.24) is 0 Å². The molecule has 2 rings (SSSR count). The van der Waals surface area contributed by atoms with Gasteiger partial charge in [-0.1, -0.05) is 30.3 Å². The lowest BCUT2D eigenvalue weighted by atomic mass is 10.0. The third-order valence-corrected chi connectivity index (χ3v) is 4.77. The topological polar surface area (TPSA) is 46.2 Å². The van der Waals surface area contributed by atoms with E-state index in [0.29, 0.717) is 4.90 Å². The fourth-order valence-electron chi connectivity index (χ4n) is 2.37. The number of rotatable bonds is 4. The molecule has 0 saturated heterocycles. The normalized spacial score (nSPS) is 13.0. The van der Waals surface area contributed by atoms with Crippen molar-refractivity contribution in [3.63, 3.8) is 0 Å². The van der Waals surface area contributed by atoms with E-state index in [1.807, 2.05) is 25.1 Å². The Morgan fingerprint density at radius 3 is 2.29 bits per heavy atom. The zero-order valence-corrected chi connectivity index (χ0v) is 13.7. The first-order chi connectivity index (χ1) is 9.79. The van der Waals surface area contributed by atoms with Crippen molar-refractivity contribution in [1.29, 1.82) is 0 Å². The maximum atomic E-state index is 11.7. The fraction of sp³-hybridized carbons (Fsp3) is 0.294. The number of benzene rings is 2. The molecule has 0 saturated carbocycles. The van der Waals surface area contributed by atoms with E-state index >= 15 is 0 Å². The highest BCUT2D eigenvalue weighted by atomic mass is 32.2. The summed E-state index contributed by atoms with van der Waals surface area (Å²) in [7, 11) is -3.19. The minimum absolute atomic E-state index is 0.111. The molecule has 0 spiro atoms. The molecule has 1 N–H and O–H groups in total. The highest BCUT2D eigenvalue weighted by molar-refractivity contribution is 7.90. The van der Waals surface area contributed by atoms with Gasteiger partial charge in [-0.25, -0.2) is 8.42 Å². The molecule has 0 bridgehead atoms. The van der Waals surface area contributed by atoms with E-state index in [2.05, 4.69) is 31.3 Å². The second-order valence-electron chi connectivity index (χ2n) is 5.47. The van der Waals surface area contributed by atoms with Crippen LogP contribution in [-0.2, 0) is 9.84 Å². The molecule has 112 valence electrons. The number of aryl methyl sites for hydroxylation is 2. The molecule has 3 nitrogen and oxygen atoms in total. The number of anilines is 1. The maximum Gasteiger partial charge on any atom is 0.175 e. The molecule has 0 aromatic heterocycles. The zero-order chi connectivity index (χ0) is 15.6. The summed E-state index contributed by atoms with van der Waals surface area (Å²) in [6.07, 6.45) is 1.23. The van der Waals surface area contributed by atoms with Crippen LogP contribution >= 0.6 is 0 Å². The predicted octanol–water partition coefficient (Wildman–Crippen LogP) is 3.88. The molecule has 1 atom stereocenters. The molecule has 0 aliphatic heterocycles. The molecule has 1 unspecified atom stereocenters. The SMILES string of the molecule is Cc1ccc(S(C)(=O)=O)cc1NC(C)c1ccccc1C. The van der Waals surface area contributed by atoms with Crippen LogP contribution < -0.4 is 5.32 Å². The monoisotopic (exact) mass is 303 g/mol. The van der Waals surface area contributed by atoms with Gasteiger partial charge < -0.3 is 5.32 Å². The molecular formula is C17H21NO2S. The van der Waals surface area contributed by atoms with Crippen molar-refractivity contribution in [2.45, 2.75) is 31.7 Å². The van der Waals surface area contributed by atoms with Gasteiger partial charge >= 0.3 is 0 Å². The number of sulfone groups is 1. The van der Waals surface area contributed by atoms with Crippen molar-refractivity contribution < 1.29 is 8.42 Å². The number of hydrogen-bond acceptors (Lipinski definition) is 3. The van der Waals surface area contributed by atoms with Gasteiger partial charge in [0.15, 0.2) is 9.84 Å². The molecule has 0 aliphatic rings. The van der Waals surface area contributed by atoms with Gasteiger partial charge in [0, 0.05) is 18.0 Å². The van der Waals surface area contributed by atoms with Crippen molar-refractivity contribution >= 4 is 15.5 Å². The van der Waals surface area contributed by atoms with E-state index in [9.17, 15) is 8.42 Å². The minimum Gasteiger partial charge on any atom is -0.378 e. The predicted molar refractivity (Wildman–Crippen MR) is 87.5 cm³/mol. The summed E-state index contributed by atoms with van der Waals surface area (Å²) in [5.74, 6) is 0. The van der Waals surface area contributed by atoms with Crippen LogP contribution in [0, 0.1) is 13.8 Å². The fourth-order valence-corrected chi connectivity index (χ4v) is 3.02. The van der Waals surface area contributed by atoms with E-state index in [0.717, 1.165) is 11.3 Å². The maximum absolute atomic E-state index is 11.7. The summed E-state index contributed by atoms with van der Waals surface area (Å²) < 4.78 is 23.4. The molecule has 4 heteroatoms. The van der Waals surface area contributed by atoms with Crippen LogP contribution in [-0.4, -0.2) is 14.7 Å². The minimum atomic E-state index is -3.19. The smallest absolute Gasteiger partial charge is 0.175 e. The van der Waals surface area contributed by atoms with Gasteiger partial charge in [0.25, 0.3) is 0 Å². The Labute approximate surface area is 126 Å². The Hall–Kier alpha value is -1.81. The second kappa shape index (κ2) is 5.90. The van der Waals surface area contributed by atoms with E-state index in [1.165, 1.54) is 17.4 Å². The summed E-state index contributed by atoms with van der Waals surface area (Å²) >= 11 is 0. The van der Waals surface area contributed by atoms with Gasteiger partial charge in [-0.3, -0.25) is 0 Å². The molecule has 0 heterocycles. The van der Waals surface area contributed by atoms with Gasteiger partial charge in [-0.05, 0) is 49.6 Å². The summed E-state index contributed by atoms with van der Waals surface area (Å²) in [4.78, 5) is 0.340. The van der Waals surface area contributed by atoms with Crippen LogP contribution in [0.25, 0.3) is 0 Å². The van der Waals surface area contributed by atoms with Gasteiger partial charge in [-0.15, -0.1) is 0 Å². The average Bonchev–Trinajstić information content (AvgIpc) is 2.40. The first-order valence-corrected chi connectivity index (χ1v) is 8.81. The van der Waals surface area contributed by atoms with E-state index in [4.69, 9.17) is 0 Å². The lowest BCUT2D eigenvalue weighted by Crippen LogP contribution is -2.10. The van der Waals surface area contributed by atoms with E-state index < -0.39 is 9.84 Å². The summed E-state index contributed by atoms with van der Waals surface area (Å²) in [5.41, 5.74) is 4.31. The molecule has 0 radical (unpaired) electrons. The van der Waals surface area contributed by atoms with Crippen molar-refractivity contribution in [2.75, 3.05) is 11.6 Å². The number of hydrogen-bond donors (Lipinski definition) is 1. The molecular weight excluding hydrogens is 282 g/mol. The Bertz CT molecular complexity index is 751. The van der Waals surface area contributed by atoms with Gasteiger partial charge in [0.05, 0.1) is 4.90 Å². The van der Waals surface area contributed by atoms with Gasteiger partial charge in [0.1, 0.15) is 0 Å². The lowest BCUT2D eigenvalue weighted by Gasteiger charge is -2.19. The highest BCUT2D eigenvalue weighted by Crippen LogP contribution is 2.26. The Kier molecular flexibility index (Phi) is 4.37. The van der Waals surface area contributed by atoms with Crippen LogP contribution in [0.3, 0.4) is 0 Å². The number of nitrogens with one attached hydrogen (secondary N) is 1. The summed E-state index contributed by atoms with van der Waals surface area (Å²) in [6.45, 7) is 6.13. The van der Waals surface area contributed by atoms with E-state index in [-0.39, 0.29) is 6.04 Å². The Morgan fingerprint density at radius 1 is 1.00 bits per heavy atom. The second-order valence-corrected chi connectivity index (χ2v) is 7.49. The highest BCUT2D eigenvalue weighted by Gasteiger charge is 2.12. The van der Waals surface area contributed by atoms with Crippen LogP contribution in [0.4, 0.5) is 5.69 Å². The molecule has 2 aromatic rings. The first-order valence-electron chi connectivity index (χ1n) is 6.92.